The second-order valence-electron chi connectivity index (χ2n) is 5.73. The second-order valence-corrected chi connectivity index (χ2v) is 5.73. The van der Waals surface area contributed by atoms with Crippen LogP contribution in [0.2, 0.25) is 0 Å². The van der Waals surface area contributed by atoms with Crippen LogP contribution in [0.15, 0.2) is 24.3 Å². The lowest BCUT2D eigenvalue weighted by Gasteiger charge is -2.28. The number of hydrogen-bond acceptors (Lipinski definition) is 3. The molecule has 0 radical (unpaired) electrons. The zero-order chi connectivity index (χ0) is 14.6. The lowest BCUT2D eigenvalue weighted by atomic mass is 9.99. The summed E-state index contributed by atoms with van der Waals surface area (Å²) in [5.41, 5.74) is 6.17. The summed E-state index contributed by atoms with van der Waals surface area (Å²) in [5, 5.41) is 8.83. The topological polar surface area (TPSA) is 72.5 Å². The monoisotopic (exact) mass is 265 g/mol. The molecular formula is C15H23NO3. The SMILES string of the molecule is CC(C)c1ccc(OC(C)(C)CC(N)C(=O)O)cc1. The highest BCUT2D eigenvalue weighted by atomic mass is 16.5. The Morgan fingerprint density at radius 3 is 2.26 bits per heavy atom. The van der Waals surface area contributed by atoms with Gasteiger partial charge in [0.1, 0.15) is 17.4 Å². The predicted octanol–water partition coefficient (Wildman–Crippen LogP) is 2.77. The van der Waals surface area contributed by atoms with E-state index in [0.29, 0.717) is 5.92 Å². The maximum atomic E-state index is 10.8. The fourth-order valence-corrected chi connectivity index (χ4v) is 1.90. The molecule has 1 aromatic rings. The van der Waals surface area contributed by atoms with Gasteiger partial charge < -0.3 is 15.6 Å². The summed E-state index contributed by atoms with van der Waals surface area (Å²) in [6.07, 6.45) is 0.258. The van der Waals surface area contributed by atoms with E-state index in [2.05, 4.69) is 13.8 Å². The predicted molar refractivity (Wildman–Crippen MR) is 75.5 cm³/mol. The van der Waals surface area contributed by atoms with Crippen LogP contribution < -0.4 is 10.5 Å². The number of rotatable bonds is 6. The fraction of sp³-hybridized carbons (Fsp3) is 0.533. The van der Waals surface area contributed by atoms with Gasteiger partial charge in [0, 0.05) is 6.42 Å². The third-order valence-electron chi connectivity index (χ3n) is 2.97. The molecular weight excluding hydrogens is 242 g/mol. The Hall–Kier alpha value is -1.55. The largest absolute Gasteiger partial charge is 0.488 e. The van der Waals surface area contributed by atoms with E-state index in [1.54, 1.807) is 0 Å². The summed E-state index contributed by atoms with van der Waals surface area (Å²) < 4.78 is 5.81. The molecule has 1 unspecified atom stereocenters. The van der Waals surface area contributed by atoms with Crippen LogP contribution in [0.1, 0.15) is 45.6 Å². The summed E-state index contributed by atoms with van der Waals surface area (Å²) in [6, 6.07) is 6.94. The van der Waals surface area contributed by atoms with Crippen molar-refractivity contribution in [1.82, 2.24) is 0 Å². The molecule has 1 atom stereocenters. The number of nitrogens with two attached hydrogens (primary N) is 1. The molecule has 0 aliphatic heterocycles. The number of carbonyl (C=O) groups is 1. The molecule has 0 fully saturated rings. The second kappa shape index (κ2) is 6.06. The molecule has 0 amide bonds. The Kier molecular flexibility index (Phi) is 4.95. The van der Waals surface area contributed by atoms with E-state index in [4.69, 9.17) is 15.6 Å². The third kappa shape index (κ3) is 4.91. The van der Waals surface area contributed by atoms with Crippen molar-refractivity contribution in [3.63, 3.8) is 0 Å². The minimum atomic E-state index is -1.01. The fourth-order valence-electron chi connectivity index (χ4n) is 1.90. The van der Waals surface area contributed by atoms with Crippen molar-refractivity contribution in [3.05, 3.63) is 29.8 Å². The summed E-state index contributed by atoms with van der Waals surface area (Å²) >= 11 is 0. The molecule has 0 aliphatic rings. The van der Waals surface area contributed by atoms with E-state index in [9.17, 15) is 4.79 Å². The minimum Gasteiger partial charge on any atom is -0.488 e. The quantitative estimate of drug-likeness (QED) is 0.829. The van der Waals surface area contributed by atoms with Crippen molar-refractivity contribution < 1.29 is 14.6 Å². The Morgan fingerprint density at radius 1 is 1.32 bits per heavy atom. The van der Waals surface area contributed by atoms with E-state index in [-0.39, 0.29) is 6.42 Å². The highest BCUT2D eigenvalue weighted by molar-refractivity contribution is 5.73. The highest BCUT2D eigenvalue weighted by Gasteiger charge is 2.26. The number of carboxylic acid groups (broad SMARTS) is 1. The molecule has 1 rings (SSSR count). The van der Waals surface area contributed by atoms with E-state index in [1.165, 1.54) is 5.56 Å². The van der Waals surface area contributed by atoms with Crippen molar-refractivity contribution in [2.45, 2.75) is 51.7 Å². The van der Waals surface area contributed by atoms with Crippen LogP contribution in [0.25, 0.3) is 0 Å². The first-order chi connectivity index (χ1) is 8.71. The molecule has 4 heteroatoms. The average molecular weight is 265 g/mol. The molecule has 0 heterocycles. The van der Waals surface area contributed by atoms with Gasteiger partial charge in [-0.25, -0.2) is 0 Å². The van der Waals surface area contributed by atoms with E-state index in [1.807, 2.05) is 38.1 Å². The third-order valence-corrected chi connectivity index (χ3v) is 2.97. The van der Waals surface area contributed by atoms with Gasteiger partial charge in [0.25, 0.3) is 0 Å². The van der Waals surface area contributed by atoms with Gasteiger partial charge in [-0.2, -0.15) is 0 Å². The number of aliphatic carboxylic acids is 1. The maximum absolute atomic E-state index is 10.8. The van der Waals surface area contributed by atoms with E-state index >= 15 is 0 Å². The molecule has 0 spiro atoms. The lowest BCUT2D eigenvalue weighted by Crippen LogP contribution is -2.41. The van der Waals surface area contributed by atoms with Crippen LogP contribution in [0.3, 0.4) is 0 Å². The van der Waals surface area contributed by atoms with Gasteiger partial charge in [-0.3, -0.25) is 4.79 Å². The number of hydrogen-bond donors (Lipinski definition) is 2. The minimum absolute atomic E-state index is 0.258. The molecule has 4 nitrogen and oxygen atoms in total. The van der Waals surface area contributed by atoms with Gasteiger partial charge in [0.2, 0.25) is 0 Å². The molecule has 3 N–H and O–H groups in total. The van der Waals surface area contributed by atoms with Gasteiger partial charge in [0.05, 0.1) is 0 Å². The average Bonchev–Trinajstić information content (AvgIpc) is 2.28. The van der Waals surface area contributed by atoms with Gasteiger partial charge in [-0.15, -0.1) is 0 Å². The first-order valence-corrected chi connectivity index (χ1v) is 6.48. The summed E-state index contributed by atoms with van der Waals surface area (Å²) in [7, 11) is 0. The number of benzene rings is 1. The van der Waals surface area contributed by atoms with Crippen molar-refractivity contribution in [3.8, 4) is 5.75 Å². The van der Waals surface area contributed by atoms with Gasteiger partial charge in [-0.1, -0.05) is 26.0 Å². The Labute approximate surface area is 114 Å². The first-order valence-electron chi connectivity index (χ1n) is 6.48. The number of carboxylic acids is 1. The maximum Gasteiger partial charge on any atom is 0.320 e. The standard InChI is InChI=1S/C15H23NO3/c1-10(2)11-5-7-12(8-6-11)19-15(3,4)9-13(16)14(17)18/h5-8,10,13H,9,16H2,1-4H3,(H,17,18). The smallest absolute Gasteiger partial charge is 0.320 e. The van der Waals surface area contributed by atoms with Crippen LogP contribution in [0.4, 0.5) is 0 Å². The highest BCUT2D eigenvalue weighted by Crippen LogP contribution is 2.24. The summed E-state index contributed by atoms with van der Waals surface area (Å²) in [5.74, 6) is 0.196. The summed E-state index contributed by atoms with van der Waals surface area (Å²) in [6.45, 7) is 7.94. The van der Waals surface area contributed by atoms with Crippen LogP contribution >= 0.6 is 0 Å². The van der Waals surface area contributed by atoms with Gasteiger partial charge in [-0.05, 0) is 37.5 Å². The zero-order valence-corrected chi connectivity index (χ0v) is 12.0. The molecule has 0 bridgehead atoms. The Balaban J connectivity index is 2.69. The molecule has 0 aromatic heterocycles. The van der Waals surface area contributed by atoms with E-state index in [0.717, 1.165) is 5.75 Å². The molecule has 19 heavy (non-hydrogen) atoms. The van der Waals surface area contributed by atoms with Crippen LogP contribution in [0, 0.1) is 0 Å². The first kappa shape index (κ1) is 15.5. The van der Waals surface area contributed by atoms with Gasteiger partial charge in [0.15, 0.2) is 0 Å². The van der Waals surface area contributed by atoms with Crippen LogP contribution in [0.5, 0.6) is 5.75 Å². The lowest BCUT2D eigenvalue weighted by molar-refractivity contribution is -0.139. The van der Waals surface area contributed by atoms with Crippen LogP contribution in [-0.2, 0) is 4.79 Å². The van der Waals surface area contributed by atoms with Crippen molar-refractivity contribution in [2.75, 3.05) is 0 Å². The normalized spacial score (nSPS) is 13.4. The summed E-state index contributed by atoms with van der Waals surface area (Å²) in [4.78, 5) is 10.8. The molecule has 0 aliphatic carbocycles. The van der Waals surface area contributed by atoms with Crippen molar-refractivity contribution in [2.24, 2.45) is 5.73 Å². The molecule has 0 saturated heterocycles. The molecule has 106 valence electrons. The Bertz CT molecular complexity index is 424. The van der Waals surface area contributed by atoms with Gasteiger partial charge >= 0.3 is 5.97 Å². The van der Waals surface area contributed by atoms with Crippen molar-refractivity contribution >= 4 is 5.97 Å². The Morgan fingerprint density at radius 2 is 1.84 bits per heavy atom. The van der Waals surface area contributed by atoms with Crippen molar-refractivity contribution in [1.29, 1.82) is 0 Å². The number of ether oxygens (including phenoxy) is 1. The molecule has 1 aromatic carbocycles. The molecule has 0 saturated carbocycles. The van der Waals surface area contributed by atoms with E-state index < -0.39 is 17.6 Å². The van der Waals surface area contributed by atoms with Crippen LogP contribution in [-0.4, -0.2) is 22.7 Å². The zero-order valence-electron chi connectivity index (χ0n) is 12.0.